The Morgan fingerprint density at radius 1 is 1.50 bits per heavy atom. The van der Waals surface area contributed by atoms with E-state index >= 15 is 0 Å². The molecule has 0 saturated heterocycles. The molecule has 0 spiro atoms. The van der Waals surface area contributed by atoms with Gasteiger partial charge < -0.3 is 11.1 Å². The first-order valence-electron chi connectivity index (χ1n) is 4.89. The van der Waals surface area contributed by atoms with Crippen LogP contribution in [0.15, 0.2) is 12.3 Å². The quantitative estimate of drug-likeness (QED) is 0.700. The zero-order chi connectivity index (χ0) is 11.5. The van der Waals surface area contributed by atoms with Crippen molar-refractivity contribution in [2.45, 2.75) is 19.9 Å². The fourth-order valence-corrected chi connectivity index (χ4v) is 1.34. The van der Waals surface area contributed by atoms with E-state index in [1.807, 2.05) is 19.9 Å². The minimum absolute atomic E-state index is 0.101. The maximum Gasteiger partial charge on any atom is 0.196 e. The number of H-pyrrole nitrogens is 1. The maximum absolute atomic E-state index is 5.83. The number of aryl methyl sites for hydroxylation is 1. The Labute approximate surface area is 92.5 Å². The van der Waals surface area contributed by atoms with Gasteiger partial charge in [-0.25, -0.2) is 4.98 Å². The average molecular weight is 219 g/mol. The third-order valence-electron chi connectivity index (χ3n) is 2.16. The zero-order valence-corrected chi connectivity index (χ0v) is 9.10. The average Bonchev–Trinajstić information content (AvgIpc) is 2.75. The molecule has 7 nitrogen and oxygen atoms in total. The van der Waals surface area contributed by atoms with Gasteiger partial charge in [0.15, 0.2) is 5.82 Å². The van der Waals surface area contributed by atoms with Crippen LogP contribution in [0.1, 0.15) is 24.4 Å². The molecule has 84 valence electrons. The van der Waals surface area contributed by atoms with E-state index in [-0.39, 0.29) is 6.04 Å². The SMILES string of the molecule is Cc1cnc(NC(C)c2nn[nH]n2)c(N)c1. The van der Waals surface area contributed by atoms with Gasteiger partial charge >= 0.3 is 0 Å². The second kappa shape index (κ2) is 4.13. The molecule has 0 fully saturated rings. The van der Waals surface area contributed by atoms with Crippen LogP contribution in [-0.4, -0.2) is 25.6 Å². The van der Waals surface area contributed by atoms with Crippen LogP contribution in [0.25, 0.3) is 0 Å². The smallest absolute Gasteiger partial charge is 0.196 e. The molecule has 0 bridgehead atoms. The van der Waals surface area contributed by atoms with Crippen LogP contribution in [0.3, 0.4) is 0 Å². The van der Waals surface area contributed by atoms with Crippen LogP contribution in [0, 0.1) is 6.92 Å². The highest BCUT2D eigenvalue weighted by Crippen LogP contribution is 2.20. The number of nitrogens with two attached hydrogens (primary N) is 1. The molecule has 0 aliphatic heterocycles. The molecular weight excluding hydrogens is 206 g/mol. The summed E-state index contributed by atoms with van der Waals surface area (Å²) in [5, 5.41) is 16.8. The molecule has 0 aliphatic carbocycles. The summed E-state index contributed by atoms with van der Waals surface area (Å²) in [6.07, 6.45) is 1.75. The Kier molecular flexibility index (Phi) is 2.67. The van der Waals surface area contributed by atoms with Crippen molar-refractivity contribution >= 4 is 11.5 Å². The molecule has 0 radical (unpaired) electrons. The van der Waals surface area contributed by atoms with E-state index in [1.165, 1.54) is 0 Å². The molecule has 4 N–H and O–H groups in total. The third kappa shape index (κ3) is 2.08. The lowest BCUT2D eigenvalue weighted by atomic mass is 10.2. The van der Waals surface area contributed by atoms with Crippen LogP contribution in [0.5, 0.6) is 0 Å². The molecular formula is C9H13N7. The summed E-state index contributed by atoms with van der Waals surface area (Å²) in [6.45, 7) is 3.85. The van der Waals surface area contributed by atoms with Crippen molar-refractivity contribution in [3.05, 3.63) is 23.7 Å². The van der Waals surface area contributed by atoms with Crippen LogP contribution in [0.4, 0.5) is 11.5 Å². The van der Waals surface area contributed by atoms with Crippen LogP contribution in [0.2, 0.25) is 0 Å². The molecule has 1 atom stereocenters. The summed E-state index contributed by atoms with van der Waals surface area (Å²) >= 11 is 0. The molecule has 1 unspecified atom stereocenters. The molecule has 2 heterocycles. The van der Waals surface area contributed by atoms with E-state index in [1.54, 1.807) is 6.20 Å². The predicted octanol–water partition coefficient (Wildman–Crippen LogP) is 0.658. The van der Waals surface area contributed by atoms with Crippen LogP contribution in [-0.2, 0) is 0 Å². The number of nitrogens with one attached hydrogen (secondary N) is 2. The topological polar surface area (TPSA) is 105 Å². The van der Waals surface area contributed by atoms with Gasteiger partial charge in [0.25, 0.3) is 0 Å². The maximum atomic E-state index is 5.83. The highest BCUT2D eigenvalue weighted by Gasteiger charge is 2.11. The minimum Gasteiger partial charge on any atom is -0.396 e. The number of tetrazole rings is 1. The number of anilines is 2. The number of nitrogen functional groups attached to an aromatic ring is 1. The molecule has 2 rings (SSSR count). The van der Waals surface area contributed by atoms with Crippen LogP contribution < -0.4 is 11.1 Å². The van der Waals surface area contributed by atoms with Crippen molar-refractivity contribution in [3.8, 4) is 0 Å². The number of hydrogen-bond acceptors (Lipinski definition) is 6. The van der Waals surface area contributed by atoms with Gasteiger partial charge in [-0.1, -0.05) is 5.21 Å². The minimum atomic E-state index is -0.101. The highest BCUT2D eigenvalue weighted by molar-refractivity contribution is 5.62. The van der Waals surface area contributed by atoms with E-state index in [2.05, 4.69) is 30.9 Å². The summed E-state index contributed by atoms with van der Waals surface area (Å²) in [5.74, 6) is 1.20. The fraction of sp³-hybridized carbons (Fsp3) is 0.333. The number of aromatic amines is 1. The summed E-state index contributed by atoms with van der Waals surface area (Å²) in [7, 11) is 0. The first kappa shape index (κ1) is 10.3. The van der Waals surface area contributed by atoms with Crippen molar-refractivity contribution < 1.29 is 0 Å². The normalized spacial score (nSPS) is 12.4. The number of aromatic nitrogens is 5. The lowest BCUT2D eigenvalue weighted by Gasteiger charge is -2.12. The van der Waals surface area contributed by atoms with Gasteiger partial charge in [0.05, 0.1) is 11.7 Å². The lowest BCUT2D eigenvalue weighted by Crippen LogP contribution is -2.11. The van der Waals surface area contributed by atoms with Gasteiger partial charge in [-0.15, -0.1) is 10.2 Å². The number of pyridine rings is 1. The van der Waals surface area contributed by atoms with Gasteiger partial charge in [0.1, 0.15) is 5.82 Å². The number of nitrogens with zero attached hydrogens (tertiary/aromatic N) is 4. The molecule has 2 aromatic rings. The molecule has 7 heteroatoms. The number of rotatable bonds is 3. The highest BCUT2D eigenvalue weighted by atomic mass is 15.5. The van der Waals surface area contributed by atoms with E-state index in [0.717, 1.165) is 5.56 Å². The lowest BCUT2D eigenvalue weighted by molar-refractivity contribution is 0.788. The molecule has 2 aromatic heterocycles. The van der Waals surface area contributed by atoms with Crippen molar-refractivity contribution in [2.75, 3.05) is 11.1 Å². The Morgan fingerprint density at radius 3 is 2.94 bits per heavy atom. The standard InChI is InChI=1S/C9H13N7/c1-5-3-7(10)9(11-4-5)12-6(2)8-13-15-16-14-8/h3-4,6H,10H2,1-2H3,(H,11,12)(H,13,14,15,16). The number of hydrogen-bond donors (Lipinski definition) is 3. The molecule has 0 saturated carbocycles. The molecule has 0 aliphatic rings. The molecule has 0 aromatic carbocycles. The Balaban J connectivity index is 2.15. The third-order valence-corrected chi connectivity index (χ3v) is 2.16. The predicted molar refractivity (Wildman–Crippen MR) is 59.6 cm³/mol. The first-order valence-corrected chi connectivity index (χ1v) is 4.89. The van der Waals surface area contributed by atoms with E-state index in [0.29, 0.717) is 17.3 Å². The summed E-state index contributed by atoms with van der Waals surface area (Å²) < 4.78 is 0. The first-order chi connectivity index (χ1) is 7.66. The molecule has 0 amide bonds. The fourth-order valence-electron chi connectivity index (χ4n) is 1.34. The van der Waals surface area contributed by atoms with Gasteiger partial charge in [0, 0.05) is 6.20 Å². The Morgan fingerprint density at radius 2 is 2.31 bits per heavy atom. The van der Waals surface area contributed by atoms with E-state index in [4.69, 9.17) is 5.73 Å². The summed E-state index contributed by atoms with van der Waals surface area (Å²) in [4.78, 5) is 4.21. The van der Waals surface area contributed by atoms with Crippen molar-refractivity contribution in [3.63, 3.8) is 0 Å². The summed E-state index contributed by atoms with van der Waals surface area (Å²) in [6, 6.07) is 1.76. The van der Waals surface area contributed by atoms with Gasteiger partial charge in [-0.2, -0.15) is 5.21 Å². The van der Waals surface area contributed by atoms with Gasteiger partial charge in [-0.05, 0) is 25.5 Å². The van der Waals surface area contributed by atoms with Gasteiger partial charge in [0.2, 0.25) is 0 Å². The van der Waals surface area contributed by atoms with Crippen molar-refractivity contribution in [1.82, 2.24) is 25.6 Å². The second-order valence-corrected chi connectivity index (χ2v) is 3.59. The van der Waals surface area contributed by atoms with Crippen molar-refractivity contribution in [2.24, 2.45) is 0 Å². The molecule has 16 heavy (non-hydrogen) atoms. The van der Waals surface area contributed by atoms with Gasteiger partial charge in [-0.3, -0.25) is 0 Å². The Bertz CT molecular complexity index is 465. The van der Waals surface area contributed by atoms with E-state index < -0.39 is 0 Å². The zero-order valence-electron chi connectivity index (χ0n) is 9.10. The summed E-state index contributed by atoms with van der Waals surface area (Å²) in [5.41, 5.74) is 7.46. The Hall–Kier alpha value is -2.18. The van der Waals surface area contributed by atoms with Crippen molar-refractivity contribution in [1.29, 1.82) is 0 Å². The monoisotopic (exact) mass is 219 g/mol. The largest absolute Gasteiger partial charge is 0.396 e. The second-order valence-electron chi connectivity index (χ2n) is 3.59. The van der Waals surface area contributed by atoms with Crippen LogP contribution >= 0.6 is 0 Å². The van der Waals surface area contributed by atoms with E-state index in [9.17, 15) is 0 Å².